The van der Waals surface area contributed by atoms with Crippen molar-refractivity contribution in [2.75, 3.05) is 32.1 Å². The lowest BCUT2D eigenvalue weighted by molar-refractivity contribution is -0.858. The Kier molecular flexibility index (Phi) is 5.29. The Bertz CT molecular complexity index is 901. The minimum atomic E-state index is -0.659. The molecule has 0 saturated carbocycles. The summed E-state index contributed by atoms with van der Waals surface area (Å²) in [6.45, 7) is 1.34. The number of aromatic nitrogens is 1. The second-order valence-corrected chi connectivity index (χ2v) is 7.14. The van der Waals surface area contributed by atoms with Crippen LogP contribution < -0.4 is 9.80 Å². The van der Waals surface area contributed by atoms with Crippen molar-refractivity contribution >= 4 is 38.5 Å². The SMILES string of the molecule is C[NH+](C)CCCN(C(=O)c1ccc([N+](=O)[O-])o1)c1nc2ccccc2s1. The predicted molar refractivity (Wildman–Crippen MR) is 99.0 cm³/mol. The molecule has 26 heavy (non-hydrogen) atoms. The maximum absolute atomic E-state index is 12.9. The van der Waals surface area contributed by atoms with Crippen LogP contribution in [-0.4, -0.2) is 43.0 Å². The molecule has 2 heterocycles. The number of thiazole rings is 1. The molecule has 0 aliphatic rings. The van der Waals surface area contributed by atoms with E-state index in [1.165, 1.54) is 33.3 Å². The number of fused-ring (bicyclic) bond motifs is 1. The average Bonchev–Trinajstić information content (AvgIpc) is 3.24. The lowest BCUT2D eigenvalue weighted by atomic mass is 10.3. The van der Waals surface area contributed by atoms with E-state index < -0.39 is 16.7 Å². The molecule has 0 spiro atoms. The molecule has 136 valence electrons. The van der Waals surface area contributed by atoms with Crippen LogP contribution in [0.1, 0.15) is 17.0 Å². The first-order chi connectivity index (χ1) is 12.5. The molecule has 0 atom stereocenters. The molecule has 0 saturated heterocycles. The van der Waals surface area contributed by atoms with Crippen molar-refractivity contribution in [1.29, 1.82) is 0 Å². The zero-order valence-corrected chi connectivity index (χ0v) is 15.3. The molecule has 3 rings (SSSR count). The molecule has 2 aromatic heterocycles. The Balaban J connectivity index is 1.90. The summed E-state index contributed by atoms with van der Waals surface area (Å²) in [7, 11) is 4.08. The summed E-state index contributed by atoms with van der Waals surface area (Å²) in [5.74, 6) is -0.936. The van der Waals surface area contributed by atoms with Gasteiger partial charge in [-0.1, -0.05) is 23.5 Å². The van der Waals surface area contributed by atoms with Gasteiger partial charge < -0.3 is 9.32 Å². The first-order valence-electron chi connectivity index (χ1n) is 8.16. The summed E-state index contributed by atoms with van der Waals surface area (Å²) < 4.78 is 6.07. The number of para-hydroxylation sites is 1. The molecule has 0 bridgehead atoms. The van der Waals surface area contributed by atoms with Crippen LogP contribution in [0.4, 0.5) is 11.0 Å². The summed E-state index contributed by atoms with van der Waals surface area (Å²) >= 11 is 1.41. The average molecular weight is 375 g/mol. The number of furan rings is 1. The summed E-state index contributed by atoms with van der Waals surface area (Å²) in [5, 5.41) is 11.4. The summed E-state index contributed by atoms with van der Waals surface area (Å²) in [5.41, 5.74) is 0.814. The monoisotopic (exact) mass is 375 g/mol. The number of hydrogen-bond donors (Lipinski definition) is 1. The van der Waals surface area contributed by atoms with Crippen LogP contribution in [0.5, 0.6) is 0 Å². The number of nitrogens with zero attached hydrogens (tertiary/aromatic N) is 3. The van der Waals surface area contributed by atoms with Gasteiger partial charge in [-0.2, -0.15) is 0 Å². The minimum Gasteiger partial charge on any atom is -0.395 e. The van der Waals surface area contributed by atoms with Crippen LogP contribution in [0.3, 0.4) is 0 Å². The van der Waals surface area contributed by atoms with E-state index in [-0.39, 0.29) is 5.76 Å². The summed E-state index contributed by atoms with van der Waals surface area (Å²) in [4.78, 5) is 30.4. The van der Waals surface area contributed by atoms with Gasteiger partial charge >= 0.3 is 5.88 Å². The van der Waals surface area contributed by atoms with E-state index in [1.807, 2.05) is 38.4 Å². The van der Waals surface area contributed by atoms with Gasteiger partial charge in [0, 0.05) is 13.0 Å². The Morgan fingerprint density at radius 1 is 1.31 bits per heavy atom. The van der Waals surface area contributed by atoms with Gasteiger partial charge in [0.25, 0.3) is 5.91 Å². The van der Waals surface area contributed by atoms with Gasteiger partial charge in [0.15, 0.2) is 10.9 Å². The van der Waals surface area contributed by atoms with Crippen LogP contribution in [0, 0.1) is 10.1 Å². The molecule has 0 unspecified atom stereocenters. The maximum Gasteiger partial charge on any atom is 0.433 e. The van der Waals surface area contributed by atoms with Crippen molar-refractivity contribution in [3.8, 4) is 0 Å². The van der Waals surface area contributed by atoms with Crippen molar-refractivity contribution in [3.63, 3.8) is 0 Å². The fraction of sp³-hybridized carbons (Fsp3) is 0.294. The summed E-state index contributed by atoms with van der Waals surface area (Å²) in [6, 6.07) is 10.2. The third kappa shape index (κ3) is 3.89. The second kappa shape index (κ2) is 7.63. The Hall–Kier alpha value is -2.78. The standard InChI is InChI=1S/C17H18N4O4S/c1-19(2)10-5-11-20(16(22)13-8-9-15(25-13)21(23)24)17-18-12-6-3-4-7-14(12)26-17/h3-4,6-9H,5,10-11H2,1-2H3/p+1. The van der Waals surface area contributed by atoms with Crippen LogP contribution in [-0.2, 0) is 0 Å². The maximum atomic E-state index is 12.9. The number of amides is 1. The van der Waals surface area contributed by atoms with Crippen molar-refractivity contribution in [2.45, 2.75) is 6.42 Å². The fourth-order valence-electron chi connectivity index (χ4n) is 2.52. The van der Waals surface area contributed by atoms with Crippen molar-refractivity contribution in [1.82, 2.24) is 4.98 Å². The predicted octanol–water partition coefficient (Wildman–Crippen LogP) is 1.98. The number of quaternary nitrogens is 1. The smallest absolute Gasteiger partial charge is 0.395 e. The van der Waals surface area contributed by atoms with E-state index in [9.17, 15) is 14.9 Å². The molecular formula is C17H19N4O4S+. The van der Waals surface area contributed by atoms with E-state index in [0.717, 1.165) is 23.2 Å². The number of carbonyl (C=O) groups is 1. The molecule has 3 aromatic rings. The number of hydrogen-bond acceptors (Lipinski definition) is 6. The normalized spacial score (nSPS) is 11.2. The number of anilines is 1. The van der Waals surface area contributed by atoms with E-state index in [4.69, 9.17) is 4.42 Å². The van der Waals surface area contributed by atoms with E-state index in [0.29, 0.717) is 11.7 Å². The van der Waals surface area contributed by atoms with E-state index in [1.54, 1.807) is 0 Å². The number of nitro groups is 1. The molecule has 0 radical (unpaired) electrons. The number of rotatable bonds is 7. The summed E-state index contributed by atoms with van der Waals surface area (Å²) in [6.07, 6.45) is 0.771. The molecule has 1 amide bonds. The zero-order valence-electron chi connectivity index (χ0n) is 14.5. The van der Waals surface area contributed by atoms with E-state index >= 15 is 0 Å². The zero-order chi connectivity index (χ0) is 18.7. The van der Waals surface area contributed by atoms with Crippen LogP contribution >= 0.6 is 11.3 Å². The molecule has 1 aromatic carbocycles. The van der Waals surface area contributed by atoms with Gasteiger partial charge in [-0.3, -0.25) is 19.8 Å². The number of carbonyl (C=O) groups excluding carboxylic acids is 1. The number of benzene rings is 1. The van der Waals surface area contributed by atoms with Gasteiger partial charge in [0.2, 0.25) is 0 Å². The van der Waals surface area contributed by atoms with Crippen molar-refractivity contribution < 1.29 is 19.0 Å². The van der Waals surface area contributed by atoms with Gasteiger partial charge in [-0.05, 0) is 18.2 Å². The Morgan fingerprint density at radius 2 is 2.08 bits per heavy atom. The molecular weight excluding hydrogens is 356 g/mol. The third-order valence-corrected chi connectivity index (χ3v) is 4.86. The highest BCUT2D eigenvalue weighted by Gasteiger charge is 2.26. The quantitative estimate of drug-likeness (QED) is 0.503. The molecule has 0 aliphatic carbocycles. The van der Waals surface area contributed by atoms with E-state index in [2.05, 4.69) is 4.98 Å². The second-order valence-electron chi connectivity index (χ2n) is 6.13. The molecule has 0 aliphatic heterocycles. The lowest BCUT2D eigenvalue weighted by Gasteiger charge is -2.19. The highest BCUT2D eigenvalue weighted by molar-refractivity contribution is 7.22. The minimum absolute atomic E-state index is 0.0619. The van der Waals surface area contributed by atoms with Crippen molar-refractivity contribution in [2.24, 2.45) is 0 Å². The van der Waals surface area contributed by atoms with Crippen LogP contribution in [0.2, 0.25) is 0 Å². The van der Waals surface area contributed by atoms with Gasteiger partial charge in [-0.15, -0.1) is 0 Å². The van der Waals surface area contributed by atoms with Gasteiger partial charge in [0.1, 0.15) is 4.92 Å². The highest BCUT2D eigenvalue weighted by Crippen LogP contribution is 2.30. The fourth-order valence-corrected chi connectivity index (χ4v) is 3.51. The molecule has 8 nitrogen and oxygen atoms in total. The Labute approximate surface area is 153 Å². The van der Waals surface area contributed by atoms with Gasteiger partial charge in [0.05, 0.1) is 36.9 Å². The lowest BCUT2D eigenvalue weighted by Crippen LogP contribution is -3.05. The largest absolute Gasteiger partial charge is 0.433 e. The van der Waals surface area contributed by atoms with Crippen molar-refractivity contribution in [3.05, 3.63) is 52.3 Å². The third-order valence-electron chi connectivity index (χ3n) is 3.80. The topological polar surface area (TPSA) is 93.9 Å². The molecule has 0 fully saturated rings. The van der Waals surface area contributed by atoms with Crippen LogP contribution in [0.15, 0.2) is 40.8 Å². The first-order valence-corrected chi connectivity index (χ1v) is 8.98. The molecule has 9 heteroatoms. The number of nitrogens with one attached hydrogen (secondary N) is 1. The van der Waals surface area contributed by atoms with Gasteiger partial charge in [-0.25, -0.2) is 4.98 Å². The Morgan fingerprint density at radius 3 is 2.73 bits per heavy atom. The highest BCUT2D eigenvalue weighted by atomic mass is 32.1. The first kappa shape index (κ1) is 18.0. The molecule has 1 N–H and O–H groups in total. The van der Waals surface area contributed by atoms with Crippen LogP contribution in [0.25, 0.3) is 10.2 Å².